The molecule has 1 amide bonds. The highest BCUT2D eigenvalue weighted by molar-refractivity contribution is 8.00. The lowest BCUT2D eigenvalue weighted by atomic mass is 10.1. The highest BCUT2D eigenvalue weighted by atomic mass is 32.2. The van der Waals surface area contributed by atoms with Crippen LogP contribution in [0, 0.1) is 13.8 Å². The summed E-state index contributed by atoms with van der Waals surface area (Å²) in [5, 5.41) is 8.76. The van der Waals surface area contributed by atoms with E-state index in [9.17, 15) is 13.2 Å². The van der Waals surface area contributed by atoms with Gasteiger partial charge in [-0.05, 0) is 74.2 Å². The zero-order chi connectivity index (χ0) is 26.0. The number of aryl methyl sites for hydroxylation is 2. The maximum absolute atomic E-state index is 12.8. The topological polar surface area (TPSA) is 110 Å². The Kier molecular flexibility index (Phi) is 7.27. The van der Waals surface area contributed by atoms with E-state index >= 15 is 0 Å². The van der Waals surface area contributed by atoms with Crippen LogP contribution in [0.4, 0.5) is 5.69 Å². The van der Waals surface area contributed by atoms with E-state index in [1.165, 1.54) is 33.5 Å². The molecule has 0 saturated carbocycles. The lowest BCUT2D eigenvalue weighted by Crippen LogP contribution is -2.35. The molecule has 0 spiro atoms. The number of hydrogen-bond acceptors (Lipinski definition) is 7. The fraction of sp³-hybridized carbons (Fsp3) is 0.308. The minimum Gasteiger partial charge on any atom is -0.325 e. The molecule has 1 aliphatic rings. The summed E-state index contributed by atoms with van der Waals surface area (Å²) in [7, 11) is -3.50. The predicted molar refractivity (Wildman–Crippen MR) is 145 cm³/mol. The first-order chi connectivity index (χ1) is 17.8. The molecule has 0 atom stereocenters. The van der Waals surface area contributed by atoms with Crippen LogP contribution in [0.3, 0.4) is 0 Å². The van der Waals surface area contributed by atoms with Gasteiger partial charge in [0.1, 0.15) is 11.4 Å². The van der Waals surface area contributed by atoms with Crippen LogP contribution < -0.4 is 5.32 Å². The van der Waals surface area contributed by atoms with Crippen molar-refractivity contribution in [2.75, 3.05) is 24.2 Å². The molecule has 1 N–H and O–H groups in total. The fourth-order valence-electron chi connectivity index (χ4n) is 4.28. The third-order valence-electron chi connectivity index (χ3n) is 6.50. The summed E-state index contributed by atoms with van der Waals surface area (Å²) >= 11 is 1.30. The number of amides is 1. The van der Waals surface area contributed by atoms with Crippen molar-refractivity contribution in [1.29, 1.82) is 0 Å². The number of carbonyl (C=O) groups is 1. The van der Waals surface area contributed by atoms with Crippen molar-refractivity contribution in [3.8, 4) is 5.69 Å². The van der Waals surface area contributed by atoms with Gasteiger partial charge < -0.3 is 5.32 Å². The van der Waals surface area contributed by atoms with E-state index in [-0.39, 0.29) is 16.6 Å². The SMILES string of the molecule is Cc1ccc(-n2ncc3c(SCC(=O)Nc4ccc(S(=O)(=O)N5CCCCC5)cc4)ncnc32)cc1C. The second-order valence-electron chi connectivity index (χ2n) is 9.07. The molecule has 2 aromatic heterocycles. The Morgan fingerprint density at radius 2 is 1.76 bits per heavy atom. The maximum atomic E-state index is 12.8. The molecule has 4 aromatic rings. The largest absolute Gasteiger partial charge is 0.325 e. The fourth-order valence-corrected chi connectivity index (χ4v) is 6.56. The lowest BCUT2D eigenvalue weighted by molar-refractivity contribution is -0.113. The van der Waals surface area contributed by atoms with Crippen molar-refractivity contribution in [2.45, 2.75) is 43.0 Å². The Balaban J connectivity index is 1.24. The van der Waals surface area contributed by atoms with Gasteiger partial charge in [0.15, 0.2) is 5.65 Å². The minimum absolute atomic E-state index is 0.134. The average Bonchev–Trinajstić information content (AvgIpc) is 3.35. The first-order valence-electron chi connectivity index (χ1n) is 12.1. The summed E-state index contributed by atoms with van der Waals surface area (Å²) in [5.41, 5.74) is 4.50. The molecule has 0 unspecified atom stereocenters. The summed E-state index contributed by atoms with van der Waals surface area (Å²) in [4.78, 5) is 21.6. The van der Waals surface area contributed by atoms with Gasteiger partial charge in [-0.2, -0.15) is 9.40 Å². The number of benzene rings is 2. The van der Waals surface area contributed by atoms with Gasteiger partial charge >= 0.3 is 0 Å². The molecule has 2 aromatic carbocycles. The van der Waals surface area contributed by atoms with Crippen LogP contribution in [-0.2, 0) is 14.8 Å². The number of sulfonamides is 1. The molecule has 1 fully saturated rings. The number of carbonyl (C=O) groups excluding carboxylic acids is 1. The average molecular weight is 537 g/mol. The zero-order valence-electron chi connectivity index (χ0n) is 20.7. The van der Waals surface area contributed by atoms with Crippen LogP contribution in [0.15, 0.2) is 64.9 Å². The Morgan fingerprint density at radius 1 is 1.00 bits per heavy atom. The van der Waals surface area contributed by atoms with Crippen LogP contribution in [-0.4, -0.2) is 57.2 Å². The molecule has 11 heteroatoms. The Labute approximate surface area is 220 Å². The summed E-state index contributed by atoms with van der Waals surface area (Å²) in [6.07, 6.45) is 6.02. The van der Waals surface area contributed by atoms with Crippen molar-refractivity contribution >= 4 is 44.4 Å². The molecule has 37 heavy (non-hydrogen) atoms. The van der Waals surface area contributed by atoms with Gasteiger partial charge in [-0.1, -0.05) is 24.2 Å². The van der Waals surface area contributed by atoms with E-state index in [1.807, 2.05) is 6.07 Å². The monoisotopic (exact) mass is 536 g/mol. The van der Waals surface area contributed by atoms with Crippen LogP contribution in [0.2, 0.25) is 0 Å². The second-order valence-corrected chi connectivity index (χ2v) is 12.0. The summed E-state index contributed by atoms with van der Waals surface area (Å²) < 4.78 is 29.0. The van der Waals surface area contributed by atoms with Gasteiger partial charge in [0.2, 0.25) is 15.9 Å². The summed E-state index contributed by atoms with van der Waals surface area (Å²) in [6, 6.07) is 12.4. The van der Waals surface area contributed by atoms with E-state index < -0.39 is 10.0 Å². The molecule has 5 rings (SSSR count). The van der Waals surface area contributed by atoms with E-state index in [2.05, 4.69) is 46.4 Å². The standard InChI is InChI=1S/C26H28N6O3S2/c1-18-6-9-21(14-19(18)2)32-25-23(15-29-32)26(28-17-27-25)36-16-24(33)30-20-7-10-22(11-8-20)37(34,35)31-12-4-3-5-13-31/h6-11,14-15,17H,3-5,12-13,16H2,1-2H3,(H,30,33). The van der Waals surface area contributed by atoms with E-state index in [4.69, 9.17) is 0 Å². The Morgan fingerprint density at radius 3 is 2.49 bits per heavy atom. The first-order valence-corrected chi connectivity index (χ1v) is 14.5. The molecule has 9 nitrogen and oxygen atoms in total. The van der Waals surface area contributed by atoms with E-state index in [1.54, 1.807) is 35.1 Å². The van der Waals surface area contributed by atoms with Crippen LogP contribution in [0.25, 0.3) is 16.7 Å². The molecular weight excluding hydrogens is 508 g/mol. The number of anilines is 1. The number of fused-ring (bicyclic) bond motifs is 1. The summed E-state index contributed by atoms with van der Waals surface area (Å²) in [6.45, 7) is 5.23. The number of nitrogens with one attached hydrogen (secondary N) is 1. The van der Waals surface area contributed by atoms with Crippen molar-refractivity contribution < 1.29 is 13.2 Å². The van der Waals surface area contributed by atoms with Gasteiger partial charge in [0.05, 0.1) is 27.9 Å². The number of piperidine rings is 1. The third-order valence-corrected chi connectivity index (χ3v) is 9.41. The second kappa shape index (κ2) is 10.6. The number of aromatic nitrogens is 4. The van der Waals surface area contributed by atoms with Gasteiger partial charge in [0.25, 0.3) is 0 Å². The molecule has 1 saturated heterocycles. The van der Waals surface area contributed by atoms with Crippen molar-refractivity contribution in [3.63, 3.8) is 0 Å². The molecule has 1 aliphatic heterocycles. The minimum atomic E-state index is -3.50. The summed E-state index contributed by atoms with van der Waals surface area (Å²) in [5.74, 6) is -0.0839. The number of nitrogens with zero attached hydrogens (tertiary/aromatic N) is 5. The van der Waals surface area contributed by atoms with Gasteiger partial charge in [-0.25, -0.2) is 23.1 Å². The molecule has 3 heterocycles. The van der Waals surface area contributed by atoms with Gasteiger partial charge in [-0.15, -0.1) is 0 Å². The molecule has 0 radical (unpaired) electrons. The Bertz CT molecular complexity index is 1540. The molecule has 0 aliphatic carbocycles. The molecule has 192 valence electrons. The Hall–Kier alpha value is -3.28. The smallest absolute Gasteiger partial charge is 0.243 e. The lowest BCUT2D eigenvalue weighted by Gasteiger charge is -2.25. The highest BCUT2D eigenvalue weighted by Gasteiger charge is 2.25. The number of rotatable bonds is 7. The molecule has 0 bridgehead atoms. The number of hydrogen-bond donors (Lipinski definition) is 1. The highest BCUT2D eigenvalue weighted by Crippen LogP contribution is 2.27. The first kappa shape index (κ1) is 25.4. The van der Waals surface area contributed by atoms with E-state index in [0.29, 0.717) is 29.5 Å². The van der Waals surface area contributed by atoms with Gasteiger partial charge in [0, 0.05) is 18.8 Å². The van der Waals surface area contributed by atoms with Crippen LogP contribution in [0.5, 0.6) is 0 Å². The maximum Gasteiger partial charge on any atom is 0.243 e. The van der Waals surface area contributed by atoms with E-state index in [0.717, 1.165) is 30.3 Å². The number of thioether (sulfide) groups is 1. The van der Waals surface area contributed by atoms with Crippen LogP contribution in [0.1, 0.15) is 30.4 Å². The van der Waals surface area contributed by atoms with Crippen molar-refractivity contribution in [1.82, 2.24) is 24.1 Å². The van der Waals surface area contributed by atoms with Crippen molar-refractivity contribution in [3.05, 3.63) is 66.1 Å². The van der Waals surface area contributed by atoms with Crippen LogP contribution >= 0.6 is 11.8 Å². The third kappa shape index (κ3) is 5.39. The molecular formula is C26H28N6O3S2. The predicted octanol–water partition coefficient (Wildman–Crippen LogP) is 4.34. The zero-order valence-corrected chi connectivity index (χ0v) is 22.3. The van der Waals surface area contributed by atoms with Crippen molar-refractivity contribution in [2.24, 2.45) is 0 Å². The van der Waals surface area contributed by atoms with Gasteiger partial charge in [-0.3, -0.25) is 4.79 Å². The quantitative estimate of drug-likeness (QED) is 0.276. The normalized spacial score (nSPS) is 14.6.